The molecule has 1 unspecified atom stereocenters. The average Bonchev–Trinajstić information content (AvgIpc) is 3.34. The fraction of sp³-hybridized carbons (Fsp3) is 0.457. The number of ether oxygens (including phenoxy) is 3. The van der Waals surface area contributed by atoms with Crippen molar-refractivity contribution in [2.75, 3.05) is 53.6 Å². The quantitative estimate of drug-likeness (QED) is 0.270. The van der Waals surface area contributed by atoms with Crippen molar-refractivity contribution in [2.24, 2.45) is 0 Å². The maximum Gasteiger partial charge on any atom is 0.254 e. The van der Waals surface area contributed by atoms with E-state index in [0.29, 0.717) is 65.4 Å². The second kappa shape index (κ2) is 13.2. The second-order valence-electron chi connectivity index (χ2n) is 12.2. The number of hydrogen-bond acceptors (Lipinski definition) is 6. The molecule has 3 aromatic carbocycles. The number of carbonyl (C=O) groups excluding carboxylic acids is 1. The van der Waals surface area contributed by atoms with Crippen molar-refractivity contribution >= 4 is 39.9 Å². The first-order chi connectivity index (χ1) is 21.7. The Bertz CT molecular complexity index is 1580. The van der Waals surface area contributed by atoms with Gasteiger partial charge in [-0.15, -0.1) is 0 Å². The molecule has 0 saturated carbocycles. The molecular formula is C35H40Cl2N2O5S. The molecule has 1 amide bonds. The Balaban J connectivity index is 1.23. The highest BCUT2D eigenvalue weighted by molar-refractivity contribution is 7.85. The summed E-state index contributed by atoms with van der Waals surface area (Å²) in [6, 6.07) is 17.7. The number of morpholine rings is 1. The number of rotatable bonds is 8. The summed E-state index contributed by atoms with van der Waals surface area (Å²) >= 11 is 12.8. The fourth-order valence-electron chi connectivity index (χ4n) is 7.29. The maximum atomic E-state index is 14.0. The van der Waals surface area contributed by atoms with Gasteiger partial charge in [0.15, 0.2) is 11.5 Å². The van der Waals surface area contributed by atoms with E-state index in [4.69, 9.17) is 37.4 Å². The Hall–Kier alpha value is -2.62. The molecule has 0 aliphatic carbocycles. The molecule has 2 saturated heterocycles. The van der Waals surface area contributed by atoms with Crippen LogP contribution in [0.15, 0.2) is 54.6 Å². The number of methoxy groups -OCH3 is 2. The molecule has 45 heavy (non-hydrogen) atoms. The van der Waals surface area contributed by atoms with Gasteiger partial charge in [0.2, 0.25) is 0 Å². The molecule has 1 spiro atoms. The van der Waals surface area contributed by atoms with Crippen LogP contribution in [0.2, 0.25) is 10.0 Å². The third-order valence-corrected chi connectivity index (χ3v) is 12.6. The first-order valence-corrected chi connectivity index (χ1v) is 17.6. The zero-order chi connectivity index (χ0) is 31.8. The molecule has 0 bridgehead atoms. The minimum atomic E-state index is -0.906. The van der Waals surface area contributed by atoms with Crippen LogP contribution in [0.5, 0.6) is 11.5 Å². The first kappa shape index (κ1) is 32.3. The summed E-state index contributed by atoms with van der Waals surface area (Å²) in [6.45, 7) is 5.73. The summed E-state index contributed by atoms with van der Waals surface area (Å²) in [5.41, 5.74) is 4.09. The van der Waals surface area contributed by atoms with Crippen molar-refractivity contribution in [2.45, 2.75) is 48.7 Å². The fourth-order valence-corrected chi connectivity index (χ4v) is 9.48. The topological polar surface area (TPSA) is 68.3 Å². The van der Waals surface area contributed by atoms with E-state index in [0.717, 1.165) is 43.6 Å². The van der Waals surface area contributed by atoms with Crippen LogP contribution in [0, 0.1) is 0 Å². The highest BCUT2D eigenvalue weighted by atomic mass is 35.5. The summed E-state index contributed by atoms with van der Waals surface area (Å²) in [5.74, 6) is 1.75. The van der Waals surface area contributed by atoms with E-state index in [9.17, 15) is 9.00 Å². The SMILES string of the molecule is CCc1cc(C(=O)N2CCO[C@](CCN3CCC4(CC3)c3ccccc3CS4=O)(c3ccc(Cl)c(Cl)c3)C2)cc(OC)c1OC. The molecule has 3 aromatic rings. The van der Waals surface area contributed by atoms with Crippen LogP contribution < -0.4 is 9.47 Å². The van der Waals surface area contributed by atoms with Gasteiger partial charge in [0.1, 0.15) is 5.60 Å². The Kier molecular flexibility index (Phi) is 9.51. The smallest absolute Gasteiger partial charge is 0.254 e. The largest absolute Gasteiger partial charge is 0.493 e. The normalized spacial score (nSPS) is 22.8. The number of benzene rings is 3. The van der Waals surface area contributed by atoms with Gasteiger partial charge in [0, 0.05) is 35.2 Å². The molecule has 3 aliphatic rings. The Morgan fingerprint density at radius 1 is 1.00 bits per heavy atom. The lowest BCUT2D eigenvalue weighted by Crippen LogP contribution is -2.53. The van der Waals surface area contributed by atoms with E-state index >= 15 is 0 Å². The van der Waals surface area contributed by atoms with Crippen molar-refractivity contribution in [1.82, 2.24) is 9.80 Å². The monoisotopic (exact) mass is 670 g/mol. The Morgan fingerprint density at radius 3 is 2.49 bits per heavy atom. The highest BCUT2D eigenvalue weighted by Crippen LogP contribution is 2.47. The van der Waals surface area contributed by atoms with Gasteiger partial charge in [-0.05, 0) is 85.3 Å². The maximum absolute atomic E-state index is 14.0. The number of piperidine rings is 1. The van der Waals surface area contributed by atoms with Gasteiger partial charge in [-0.1, -0.05) is 60.5 Å². The first-order valence-electron chi connectivity index (χ1n) is 15.6. The van der Waals surface area contributed by atoms with Crippen LogP contribution in [0.4, 0.5) is 0 Å². The van der Waals surface area contributed by atoms with E-state index in [1.54, 1.807) is 26.4 Å². The van der Waals surface area contributed by atoms with Crippen LogP contribution >= 0.6 is 23.2 Å². The van der Waals surface area contributed by atoms with Gasteiger partial charge in [-0.25, -0.2) is 0 Å². The second-order valence-corrected chi connectivity index (χ2v) is 14.7. The van der Waals surface area contributed by atoms with Crippen molar-refractivity contribution in [1.29, 1.82) is 0 Å². The Labute approximate surface area is 278 Å². The standard InChI is InChI=1S/C35H40Cl2N2O5S/c1-4-24-19-26(20-31(42-2)32(24)43-3)33(40)39-17-18-44-34(23-39,27-9-10-29(36)30(37)21-27)11-14-38-15-12-35(13-16-38)28-8-6-5-7-25(28)22-45(35)41/h5-10,19-21H,4,11-18,22-23H2,1-3H3/t34-,45?/m0/s1. The molecule has 3 aliphatic heterocycles. The van der Waals surface area contributed by atoms with Crippen LogP contribution in [0.25, 0.3) is 0 Å². The summed E-state index contributed by atoms with van der Waals surface area (Å²) in [6.07, 6.45) is 3.09. The van der Waals surface area contributed by atoms with Crippen molar-refractivity contribution in [3.8, 4) is 11.5 Å². The van der Waals surface area contributed by atoms with Crippen molar-refractivity contribution in [3.05, 3.63) is 92.5 Å². The lowest BCUT2D eigenvalue weighted by atomic mass is 9.85. The average molecular weight is 672 g/mol. The molecule has 240 valence electrons. The minimum absolute atomic E-state index is 0.0827. The molecule has 2 atom stereocenters. The molecule has 0 N–H and O–H groups in total. The molecule has 2 fully saturated rings. The van der Waals surface area contributed by atoms with Crippen LogP contribution in [-0.4, -0.2) is 73.5 Å². The number of nitrogens with zero attached hydrogens (tertiary/aromatic N) is 2. The van der Waals surface area contributed by atoms with Crippen molar-refractivity contribution in [3.63, 3.8) is 0 Å². The molecule has 7 nitrogen and oxygen atoms in total. The number of amides is 1. The van der Waals surface area contributed by atoms with E-state index in [1.807, 2.05) is 36.1 Å². The number of carbonyl (C=O) groups is 1. The zero-order valence-electron chi connectivity index (χ0n) is 26.1. The third kappa shape index (κ3) is 6.00. The lowest BCUT2D eigenvalue weighted by Gasteiger charge is -2.45. The lowest BCUT2D eigenvalue weighted by molar-refractivity contribution is -0.113. The van der Waals surface area contributed by atoms with E-state index in [1.165, 1.54) is 11.1 Å². The summed E-state index contributed by atoms with van der Waals surface area (Å²) in [5, 5.41) is 0.929. The summed E-state index contributed by atoms with van der Waals surface area (Å²) < 4.78 is 30.9. The van der Waals surface area contributed by atoms with E-state index in [2.05, 4.69) is 23.1 Å². The predicted octanol–water partition coefficient (Wildman–Crippen LogP) is 6.58. The molecule has 10 heteroatoms. The number of halogens is 2. The van der Waals surface area contributed by atoms with E-state index < -0.39 is 16.4 Å². The molecular weight excluding hydrogens is 631 g/mol. The van der Waals surface area contributed by atoms with Gasteiger partial charge in [-0.2, -0.15) is 0 Å². The number of fused-ring (bicyclic) bond motifs is 2. The van der Waals surface area contributed by atoms with Crippen LogP contribution in [0.3, 0.4) is 0 Å². The molecule has 0 radical (unpaired) electrons. The van der Waals surface area contributed by atoms with Gasteiger partial charge in [0.25, 0.3) is 5.91 Å². The van der Waals surface area contributed by atoms with Gasteiger partial charge in [0.05, 0.1) is 42.2 Å². The third-order valence-electron chi connectivity index (χ3n) is 9.83. The summed E-state index contributed by atoms with van der Waals surface area (Å²) in [7, 11) is 2.29. The van der Waals surface area contributed by atoms with Gasteiger partial charge >= 0.3 is 0 Å². The van der Waals surface area contributed by atoms with Crippen LogP contribution in [-0.2, 0) is 38.1 Å². The number of likely N-dealkylation sites (tertiary alicyclic amines) is 1. The molecule has 3 heterocycles. The Morgan fingerprint density at radius 2 is 1.78 bits per heavy atom. The minimum Gasteiger partial charge on any atom is -0.493 e. The van der Waals surface area contributed by atoms with E-state index in [-0.39, 0.29) is 10.7 Å². The molecule has 0 aromatic heterocycles. The van der Waals surface area contributed by atoms with Crippen LogP contribution in [0.1, 0.15) is 58.8 Å². The zero-order valence-corrected chi connectivity index (χ0v) is 28.4. The van der Waals surface area contributed by atoms with Gasteiger partial charge < -0.3 is 24.0 Å². The van der Waals surface area contributed by atoms with Crippen molar-refractivity contribution < 1.29 is 23.2 Å². The number of aryl methyl sites for hydroxylation is 1. The predicted molar refractivity (Wildman–Crippen MR) is 179 cm³/mol. The highest BCUT2D eigenvalue weighted by Gasteiger charge is 2.47. The number of hydrogen-bond donors (Lipinski definition) is 0. The summed E-state index contributed by atoms with van der Waals surface area (Å²) in [4.78, 5) is 18.4. The molecule has 6 rings (SSSR count). The van der Waals surface area contributed by atoms with Gasteiger partial charge in [-0.3, -0.25) is 9.00 Å².